The molecule has 0 N–H and O–H groups in total. The first-order valence-corrected chi connectivity index (χ1v) is 6.96. The number of Topliss-reactive ketones (excluding diaryl/α,β-unsaturated/α-hetero) is 1. The van der Waals surface area contributed by atoms with Gasteiger partial charge in [0.2, 0.25) is 0 Å². The molecule has 0 radical (unpaired) electrons. The number of hydrogen-bond donors (Lipinski definition) is 0. The summed E-state index contributed by atoms with van der Waals surface area (Å²) in [6.45, 7) is 0.265. The lowest BCUT2D eigenvalue weighted by Gasteiger charge is -2.07. The summed E-state index contributed by atoms with van der Waals surface area (Å²) < 4.78 is 1.74. The van der Waals surface area contributed by atoms with Crippen molar-refractivity contribution in [2.45, 2.75) is 6.54 Å². The Labute approximate surface area is 127 Å². The average molecular weight is 297 g/mol. The summed E-state index contributed by atoms with van der Waals surface area (Å²) in [5.41, 5.74) is 2.57. The fourth-order valence-electron chi connectivity index (χ4n) is 2.18. The minimum atomic E-state index is 0.00881. The number of imidazole rings is 1. The Morgan fingerprint density at radius 3 is 2.62 bits per heavy atom. The maximum Gasteiger partial charge on any atom is 0.182 e. The Balaban J connectivity index is 1.86. The van der Waals surface area contributed by atoms with Crippen molar-refractivity contribution < 1.29 is 4.79 Å². The minimum Gasteiger partial charge on any atom is -0.330 e. The number of aromatic nitrogens is 2. The van der Waals surface area contributed by atoms with Crippen LogP contribution in [0.25, 0.3) is 11.1 Å². The highest BCUT2D eigenvalue weighted by atomic mass is 35.5. The second kappa shape index (κ2) is 5.94. The highest BCUT2D eigenvalue weighted by Gasteiger charge is 2.10. The van der Waals surface area contributed by atoms with E-state index in [-0.39, 0.29) is 12.3 Å². The molecule has 0 bridgehead atoms. The summed E-state index contributed by atoms with van der Waals surface area (Å²) in [7, 11) is 0. The molecule has 0 unspecified atom stereocenters. The van der Waals surface area contributed by atoms with Gasteiger partial charge >= 0.3 is 0 Å². The molecule has 0 atom stereocenters. The van der Waals surface area contributed by atoms with Crippen LogP contribution < -0.4 is 0 Å². The molecule has 3 aromatic rings. The number of rotatable bonds is 4. The summed E-state index contributed by atoms with van der Waals surface area (Å²) in [6, 6.07) is 15.3. The first kappa shape index (κ1) is 13.6. The number of nitrogens with zero attached hydrogens (tertiary/aromatic N) is 2. The van der Waals surface area contributed by atoms with Crippen LogP contribution in [-0.4, -0.2) is 15.3 Å². The van der Waals surface area contributed by atoms with E-state index >= 15 is 0 Å². The maximum atomic E-state index is 12.2. The number of carbonyl (C=O) groups is 1. The number of hydrogen-bond acceptors (Lipinski definition) is 2. The van der Waals surface area contributed by atoms with E-state index in [9.17, 15) is 4.79 Å². The fourth-order valence-corrected chi connectivity index (χ4v) is 2.47. The van der Waals surface area contributed by atoms with Crippen LogP contribution in [0, 0.1) is 0 Å². The van der Waals surface area contributed by atoms with E-state index in [0.29, 0.717) is 10.6 Å². The molecule has 0 aliphatic heterocycles. The highest BCUT2D eigenvalue weighted by Crippen LogP contribution is 2.28. The maximum absolute atomic E-state index is 12.2. The van der Waals surface area contributed by atoms with Gasteiger partial charge in [0.15, 0.2) is 5.78 Å². The second-order valence-corrected chi connectivity index (χ2v) is 5.13. The summed E-state index contributed by atoms with van der Waals surface area (Å²) >= 11 is 6.32. The first-order chi connectivity index (χ1) is 10.2. The topological polar surface area (TPSA) is 34.9 Å². The van der Waals surface area contributed by atoms with Gasteiger partial charge in [-0.15, -0.1) is 0 Å². The molecule has 0 saturated heterocycles. The summed E-state index contributed by atoms with van der Waals surface area (Å²) in [5.74, 6) is 0.00881. The predicted molar refractivity (Wildman–Crippen MR) is 83.4 cm³/mol. The minimum absolute atomic E-state index is 0.00881. The van der Waals surface area contributed by atoms with Gasteiger partial charge in [0.25, 0.3) is 0 Å². The van der Waals surface area contributed by atoms with Crippen LogP contribution >= 0.6 is 11.6 Å². The zero-order valence-corrected chi connectivity index (χ0v) is 12.0. The van der Waals surface area contributed by atoms with E-state index < -0.39 is 0 Å². The van der Waals surface area contributed by atoms with Crippen molar-refractivity contribution in [3.8, 4) is 11.1 Å². The quantitative estimate of drug-likeness (QED) is 0.680. The average Bonchev–Trinajstić information content (AvgIpc) is 3.01. The van der Waals surface area contributed by atoms with Crippen molar-refractivity contribution in [1.82, 2.24) is 9.55 Å². The Morgan fingerprint density at radius 2 is 1.95 bits per heavy atom. The van der Waals surface area contributed by atoms with Gasteiger partial charge in [-0.1, -0.05) is 54.1 Å². The first-order valence-electron chi connectivity index (χ1n) is 6.58. The smallest absolute Gasteiger partial charge is 0.182 e. The normalized spacial score (nSPS) is 10.5. The third-order valence-corrected chi connectivity index (χ3v) is 3.57. The van der Waals surface area contributed by atoms with Gasteiger partial charge in [0, 0.05) is 28.5 Å². The van der Waals surface area contributed by atoms with Crippen molar-refractivity contribution in [3.63, 3.8) is 0 Å². The number of benzene rings is 2. The molecule has 0 fully saturated rings. The van der Waals surface area contributed by atoms with Gasteiger partial charge in [0.1, 0.15) is 0 Å². The summed E-state index contributed by atoms with van der Waals surface area (Å²) in [5, 5.41) is 0.581. The Morgan fingerprint density at radius 1 is 1.14 bits per heavy atom. The van der Waals surface area contributed by atoms with E-state index in [1.807, 2.05) is 42.5 Å². The van der Waals surface area contributed by atoms with E-state index in [1.165, 1.54) is 0 Å². The molecular formula is C17H13ClN2O. The molecule has 3 nitrogen and oxygen atoms in total. The molecule has 0 saturated carbocycles. The van der Waals surface area contributed by atoms with Crippen molar-refractivity contribution in [2.24, 2.45) is 0 Å². The number of carbonyl (C=O) groups excluding carboxylic acids is 1. The lowest BCUT2D eigenvalue weighted by molar-refractivity contribution is 0.0972. The van der Waals surface area contributed by atoms with Crippen LogP contribution in [0.15, 0.2) is 67.3 Å². The van der Waals surface area contributed by atoms with Gasteiger partial charge in [0.05, 0.1) is 12.9 Å². The van der Waals surface area contributed by atoms with Crippen molar-refractivity contribution in [1.29, 1.82) is 0 Å². The summed E-state index contributed by atoms with van der Waals surface area (Å²) in [6.07, 6.45) is 5.04. The molecule has 1 aromatic heterocycles. The lowest BCUT2D eigenvalue weighted by Crippen LogP contribution is -2.08. The third-order valence-electron chi connectivity index (χ3n) is 3.26. The molecule has 0 spiro atoms. The van der Waals surface area contributed by atoms with E-state index in [2.05, 4.69) is 4.98 Å². The number of halogens is 1. The van der Waals surface area contributed by atoms with Gasteiger partial charge in [-0.25, -0.2) is 4.98 Å². The standard InChI is InChI=1S/C17H13ClN2O/c18-16-10-14(17(21)11-20-9-8-19-12-20)6-7-15(16)13-4-2-1-3-5-13/h1-10,12H,11H2. The predicted octanol–water partition coefficient (Wildman–Crippen LogP) is 4.09. The molecule has 3 rings (SSSR count). The molecule has 0 amide bonds. The Kier molecular flexibility index (Phi) is 3.84. The molecule has 1 heterocycles. The third kappa shape index (κ3) is 3.03. The molecule has 21 heavy (non-hydrogen) atoms. The molecular weight excluding hydrogens is 284 g/mol. The SMILES string of the molecule is O=C(Cn1ccnc1)c1ccc(-c2ccccc2)c(Cl)c1. The van der Waals surface area contributed by atoms with Crippen molar-refractivity contribution in [2.75, 3.05) is 0 Å². The molecule has 0 aliphatic carbocycles. The molecule has 0 aliphatic rings. The lowest BCUT2D eigenvalue weighted by atomic mass is 10.0. The van der Waals surface area contributed by atoms with Gasteiger partial charge in [-0.3, -0.25) is 4.79 Å². The largest absolute Gasteiger partial charge is 0.330 e. The Hall–Kier alpha value is -2.39. The van der Waals surface area contributed by atoms with E-state index in [0.717, 1.165) is 11.1 Å². The van der Waals surface area contributed by atoms with Crippen LogP contribution in [0.4, 0.5) is 0 Å². The van der Waals surface area contributed by atoms with Gasteiger partial charge in [-0.2, -0.15) is 0 Å². The van der Waals surface area contributed by atoms with Crippen molar-refractivity contribution >= 4 is 17.4 Å². The van der Waals surface area contributed by atoms with Gasteiger partial charge in [-0.05, 0) is 11.6 Å². The number of ketones is 1. The highest BCUT2D eigenvalue weighted by molar-refractivity contribution is 6.33. The van der Waals surface area contributed by atoms with Crippen LogP contribution in [0.2, 0.25) is 5.02 Å². The molecule has 104 valence electrons. The van der Waals surface area contributed by atoms with Crippen LogP contribution in [0.3, 0.4) is 0 Å². The van der Waals surface area contributed by atoms with Crippen LogP contribution in [0.1, 0.15) is 10.4 Å². The summed E-state index contributed by atoms with van der Waals surface area (Å²) in [4.78, 5) is 16.1. The second-order valence-electron chi connectivity index (χ2n) is 4.72. The van der Waals surface area contributed by atoms with Gasteiger partial charge < -0.3 is 4.57 Å². The zero-order chi connectivity index (χ0) is 14.7. The molecule has 2 aromatic carbocycles. The monoisotopic (exact) mass is 296 g/mol. The fraction of sp³-hybridized carbons (Fsp3) is 0.0588. The van der Waals surface area contributed by atoms with Crippen LogP contribution in [0.5, 0.6) is 0 Å². The van der Waals surface area contributed by atoms with E-state index in [4.69, 9.17) is 11.6 Å². The van der Waals surface area contributed by atoms with Crippen molar-refractivity contribution in [3.05, 3.63) is 77.8 Å². The Bertz CT molecular complexity index is 752. The molecule has 4 heteroatoms. The van der Waals surface area contributed by atoms with Crippen LogP contribution in [-0.2, 0) is 6.54 Å². The van der Waals surface area contributed by atoms with E-state index in [1.54, 1.807) is 29.4 Å². The zero-order valence-electron chi connectivity index (χ0n) is 11.2.